The summed E-state index contributed by atoms with van der Waals surface area (Å²) < 4.78 is 10.6. The van der Waals surface area contributed by atoms with Gasteiger partial charge in [-0.25, -0.2) is 5.43 Å². The van der Waals surface area contributed by atoms with Crippen molar-refractivity contribution in [2.75, 3.05) is 44.4 Å². The maximum atomic E-state index is 12.0. The first kappa shape index (κ1) is 18.3. The van der Waals surface area contributed by atoms with Gasteiger partial charge in [0.15, 0.2) is 11.5 Å². The van der Waals surface area contributed by atoms with E-state index in [9.17, 15) is 4.79 Å². The Bertz CT molecular complexity index is 833. The van der Waals surface area contributed by atoms with E-state index in [1.54, 1.807) is 6.21 Å². The fourth-order valence-electron chi connectivity index (χ4n) is 3.36. The molecular formula is C21H24N4O3. The highest BCUT2D eigenvalue weighted by Gasteiger charge is 2.17. The van der Waals surface area contributed by atoms with Crippen LogP contribution < -0.4 is 19.8 Å². The van der Waals surface area contributed by atoms with Crippen molar-refractivity contribution in [2.24, 2.45) is 5.10 Å². The Morgan fingerprint density at radius 2 is 1.82 bits per heavy atom. The van der Waals surface area contributed by atoms with Gasteiger partial charge in [-0.1, -0.05) is 18.2 Å². The number of para-hydroxylation sites is 1. The van der Waals surface area contributed by atoms with Crippen LogP contribution in [0.4, 0.5) is 5.69 Å². The fraction of sp³-hybridized carbons (Fsp3) is 0.333. The highest BCUT2D eigenvalue weighted by Crippen LogP contribution is 2.31. The first-order chi connectivity index (χ1) is 13.8. The number of hydrazone groups is 1. The zero-order valence-corrected chi connectivity index (χ0v) is 15.7. The summed E-state index contributed by atoms with van der Waals surface area (Å²) >= 11 is 0. The van der Waals surface area contributed by atoms with Gasteiger partial charge in [-0.05, 0) is 35.9 Å². The molecule has 4 rings (SSSR count). The van der Waals surface area contributed by atoms with Crippen molar-refractivity contribution in [3.8, 4) is 11.5 Å². The summed E-state index contributed by atoms with van der Waals surface area (Å²) in [6.07, 6.45) is 2.04. The number of hydrogen-bond donors (Lipinski definition) is 1. The Morgan fingerprint density at radius 3 is 2.64 bits per heavy atom. The van der Waals surface area contributed by atoms with Crippen LogP contribution in [-0.2, 0) is 4.79 Å². The summed E-state index contributed by atoms with van der Waals surface area (Å²) in [5.74, 6) is 1.35. The zero-order chi connectivity index (χ0) is 19.2. The van der Waals surface area contributed by atoms with Gasteiger partial charge in [0, 0.05) is 44.8 Å². The lowest BCUT2D eigenvalue weighted by atomic mass is 10.2. The van der Waals surface area contributed by atoms with E-state index in [4.69, 9.17) is 9.47 Å². The molecule has 0 radical (unpaired) electrons. The van der Waals surface area contributed by atoms with Gasteiger partial charge in [-0.3, -0.25) is 9.69 Å². The second kappa shape index (κ2) is 8.75. The molecule has 2 aromatic carbocycles. The van der Waals surface area contributed by atoms with Gasteiger partial charge >= 0.3 is 0 Å². The maximum Gasteiger partial charge on any atom is 0.241 e. The molecule has 0 aromatic heterocycles. The quantitative estimate of drug-likeness (QED) is 0.614. The van der Waals surface area contributed by atoms with Gasteiger partial charge in [-0.2, -0.15) is 5.10 Å². The van der Waals surface area contributed by atoms with Crippen LogP contribution in [0.3, 0.4) is 0 Å². The Morgan fingerprint density at radius 1 is 1.04 bits per heavy atom. The minimum absolute atomic E-state index is 0.0810. The normalized spacial score (nSPS) is 16.5. The van der Waals surface area contributed by atoms with Crippen LogP contribution in [0.5, 0.6) is 11.5 Å². The molecule has 0 aliphatic carbocycles. The van der Waals surface area contributed by atoms with Crippen LogP contribution in [0.15, 0.2) is 53.6 Å². The maximum absolute atomic E-state index is 12.0. The monoisotopic (exact) mass is 380 g/mol. The third-order valence-corrected chi connectivity index (χ3v) is 4.95. The molecule has 0 bridgehead atoms. The van der Waals surface area contributed by atoms with E-state index in [2.05, 4.69) is 44.6 Å². The number of fused-ring (bicyclic) bond motifs is 1. The number of carbonyl (C=O) groups excluding carboxylic acids is 1. The summed E-state index contributed by atoms with van der Waals surface area (Å²) in [6.45, 7) is 4.87. The van der Waals surface area contributed by atoms with Gasteiger partial charge in [0.25, 0.3) is 0 Å². The number of benzene rings is 2. The third kappa shape index (κ3) is 4.61. The van der Waals surface area contributed by atoms with Crippen LogP contribution in [0.25, 0.3) is 0 Å². The van der Waals surface area contributed by atoms with E-state index >= 15 is 0 Å². The molecule has 0 atom stereocenters. The van der Waals surface area contributed by atoms with Crippen molar-refractivity contribution in [1.29, 1.82) is 0 Å². The lowest BCUT2D eigenvalue weighted by molar-refractivity contribution is -0.121. The van der Waals surface area contributed by atoms with Crippen molar-refractivity contribution in [3.63, 3.8) is 0 Å². The van der Waals surface area contributed by atoms with Crippen molar-refractivity contribution >= 4 is 17.8 Å². The number of amides is 1. The average Bonchev–Trinajstić information content (AvgIpc) is 3.21. The van der Waals surface area contributed by atoms with Gasteiger partial charge in [-0.15, -0.1) is 0 Å². The first-order valence-electron chi connectivity index (χ1n) is 9.52. The molecule has 1 saturated heterocycles. The van der Waals surface area contributed by atoms with Gasteiger partial charge < -0.3 is 14.4 Å². The third-order valence-electron chi connectivity index (χ3n) is 4.95. The van der Waals surface area contributed by atoms with Crippen molar-refractivity contribution in [3.05, 3.63) is 54.1 Å². The highest BCUT2D eigenvalue weighted by atomic mass is 16.7. The molecule has 1 amide bonds. The van der Waals surface area contributed by atoms with E-state index in [0.717, 1.165) is 44.0 Å². The van der Waals surface area contributed by atoms with Crippen molar-refractivity contribution in [1.82, 2.24) is 10.3 Å². The highest BCUT2D eigenvalue weighted by molar-refractivity contribution is 5.83. The topological polar surface area (TPSA) is 66.4 Å². The number of nitrogens with zero attached hydrogens (tertiary/aromatic N) is 3. The van der Waals surface area contributed by atoms with Crippen LogP contribution in [0.1, 0.15) is 12.0 Å². The number of ether oxygens (including phenoxy) is 2. The summed E-state index contributed by atoms with van der Waals surface area (Å²) in [4.78, 5) is 16.7. The molecule has 28 heavy (non-hydrogen) atoms. The van der Waals surface area contributed by atoms with Crippen molar-refractivity contribution < 1.29 is 14.3 Å². The standard InChI is InChI=1S/C21H24N4O3/c26-21(23-22-15-17-6-7-19-20(14-17)28-16-27-19)8-9-24-10-12-25(13-11-24)18-4-2-1-3-5-18/h1-7,14-15H,8-13,16H2,(H,23,26)/b22-15-. The predicted octanol–water partition coefficient (Wildman–Crippen LogP) is 2.08. The lowest BCUT2D eigenvalue weighted by Crippen LogP contribution is -2.47. The number of piperazine rings is 1. The second-order valence-corrected chi connectivity index (χ2v) is 6.82. The largest absolute Gasteiger partial charge is 0.454 e. The molecule has 1 fully saturated rings. The summed E-state index contributed by atoms with van der Waals surface area (Å²) in [5.41, 5.74) is 4.70. The first-order valence-corrected chi connectivity index (χ1v) is 9.52. The Balaban J connectivity index is 1.17. The van der Waals surface area contributed by atoms with Crippen LogP contribution >= 0.6 is 0 Å². The molecule has 2 aliphatic heterocycles. The molecule has 0 saturated carbocycles. The van der Waals surface area contributed by atoms with Crippen LogP contribution in [-0.4, -0.2) is 56.5 Å². The molecule has 2 aliphatic rings. The Kier molecular flexibility index (Phi) is 5.72. The zero-order valence-electron chi connectivity index (χ0n) is 15.7. The number of rotatable bonds is 6. The number of anilines is 1. The van der Waals surface area contributed by atoms with E-state index in [-0.39, 0.29) is 12.7 Å². The molecule has 2 heterocycles. The summed E-state index contributed by atoms with van der Waals surface area (Å²) in [7, 11) is 0. The molecule has 0 unspecified atom stereocenters. The Labute approximate surface area is 164 Å². The van der Waals surface area contributed by atoms with Gasteiger partial charge in [0.2, 0.25) is 12.7 Å². The SMILES string of the molecule is O=C(CCN1CCN(c2ccccc2)CC1)N/N=C\c1ccc2c(c1)OCO2. The fourth-order valence-corrected chi connectivity index (χ4v) is 3.36. The predicted molar refractivity (Wildman–Crippen MR) is 108 cm³/mol. The van der Waals surface area contributed by atoms with E-state index in [0.29, 0.717) is 12.2 Å². The number of nitrogens with one attached hydrogen (secondary N) is 1. The van der Waals surface area contributed by atoms with Gasteiger partial charge in [0.05, 0.1) is 6.21 Å². The molecule has 7 nitrogen and oxygen atoms in total. The van der Waals surface area contributed by atoms with Crippen molar-refractivity contribution in [2.45, 2.75) is 6.42 Å². The number of carbonyl (C=O) groups is 1. The number of hydrogen-bond acceptors (Lipinski definition) is 6. The van der Waals surface area contributed by atoms with E-state index in [1.807, 2.05) is 24.3 Å². The molecular weight excluding hydrogens is 356 g/mol. The average molecular weight is 380 g/mol. The Hall–Kier alpha value is -3.06. The van der Waals surface area contributed by atoms with Crippen LogP contribution in [0, 0.1) is 0 Å². The minimum Gasteiger partial charge on any atom is -0.454 e. The van der Waals surface area contributed by atoms with E-state index < -0.39 is 0 Å². The second-order valence-electron chi connectivity index (χ2n) is 6.82. The molecule has 0 spiro atoms. The smallest absolute Gasteiger partial charge is 0.241 e. The molecule has 146 valence electrons. The minimum atomic E-state index is -0.0810. The summed E-state index contributed by atoms with van der Waals surface area (Å²) in [6, 6.07) is 16.0. The molecule has 7 heteroatoms. The molecule has 2 aromatic rings. The van der Waals surface area contributed by atoms with E-state index in [1.165, 1.54) is 5.69 Å². The van der Waals surface area contributed by atoms with Crippen LogP contribution in [0.2, 0.25) is 0 Å². The summed E-state index contributed by atoms with van der Waals surface area (Å²) in [5, 5.41) is 4.03. The lowest BCUT2D eigenvalue weighted by Gasteiger charge is -2.36. The molecule has 1 N–H and O–H groups in total. The van der Waals surface area contributed by atoms with Gasteiger partial charge in [0.1, 0.15) is 0 Å².